The molecule has 184 valence electrons. The van der Waals surface area contributed by atoms with Crippen molar-refractivity contribution < 1.29 is 23.1 Å². The molecule has 0 radical (unpaired) electrons. The van der Waals surface area contributed by atoms with E-state index >= 15 is 0 Å². The molecule has 1 aliphatic rings. The Labute approximate surface area is 205 Å². The lowest BCUT2D eigenvalue weighted by Crippen LogP contribution is -2.47. The number of aromatic carboxylic acids is 1. The first kappa shape index (κ1) is 24.4. The minimum atomic E-state index is -3.88. The van der Waals surface area contributed by atoms with Crippen LogP contribution in [0.2, 0.25) is 0 Å². The predicted molar refractivity (Wildman–Crippen MR) is 138 cm³/mol. The first-order valence-electron chi connectivity index (χ1n) is 11.3. The van der Waals surface area contributed by atoms with E-state index in [0.29, 0.717) is 24.5 Å². The fourth-order valence-electron chi connectivity index (χ4n) is 4.26. The van der Waals surface area contributed by atoms with Crippen molar-refractivity contribution in [3.8, 4) is 5.75 Å². The third-order valence-electron chi connectivity index (χ3n) is 6.17. The van der Waals surface area contributed by atoms with Gasteiger partial charge in [-0.2, -0.15) is 0 Å². The fraction of sp³-hybridized carbons (Fsp3) is 0.269. The number of carbonyl (C=O) groups is 1. The van der Waals surface area contributed by atoms with E-state index in [1.807, 2.05) is 4.90 Å². The summed E-state index contributed by atoms with van der Waals surface area (Å²) in [6.45, 7) is 7.00. The van der Waals surface area contributed by atoms with Crippen LogP contribution in [-0.2, 0) is 10.0 Å². The monoisotopic (exact) mass is 495 g/mol. The van der Waals surface area contributed by atoms with Crippen LogP contribution in [0.3, 0.4) is 0 Å². The lowest BCUT2D eigenvalue weighted by molar-refractivity contribution is 0.0697. The third-order valence-corrected chi connectivity index (χ3v) is 7.57. The van der Waals surface area contributed by atoms with Crippen molar-refractivity contribution in [2.75, 3.05) is 47.8 Å². The summed E-state index contributed by atoms with van der Waals surface area (Å²) in [6, 6.07) is 17.0. The van der Waals surface area contributed by atoms with E-state index in [2.05, 4.69) is 41.7 Å². The molecule has 0 amide bonds. The number of hydrogen-bond donors (Lipinski definition) is 2. The Morgan fingerprint density at radius 2 is 1.51 bits per heavy atom. The van der Waals surface area contributed by atoms with E-state index in [0.717, 1.165) is 13.1 Å². The molecular weight excluding hydrogens is 466 g/mol. The number of aryl methyl sites for hydroxylation is 2. The molecule has 1 aliphatic heterocycles. The van der Waals surface area contributed by atoms with Gasteiger partial charge in [-0.25, -0.2) is 13.2 Å². The predicted octanol–water partition coefficient (Wildman–Crippen LogP) is 4.14. The van der Waals surface area contributed by atoms with Crippen molar-refractivity contribution in [3.63, 3.8) is 0 Å². The van der Waals surface area contributed by atoms with Crippen LogP contribution in [0.25, 0.3) is 0 Å². The fourth-order valence-corrected chi connectivity index (χ4v) is 5.31. The number of anilines is 3. The van der Waals surface area contributed by atoms with Crippen molar-refractivity contribution in [1.82, 2.24) is 0 Å². The highest BCUT2D eigenvalue weighted by Crippen LogP contribution is 2.29. The van der Waals surface area contributed by atoms with Crippen molar-refractivity contribution in [1.29, 1.82) is 0 Å². The zero-order valence-corrected chi connectivity index (χ0v) is 20.8. The van der Waals surface area contributed by atoms with Crippen LogP contribution in [-0.4, -0.2) is 52.8 Å². The molecule has 0 bridgehead atoms. The molecule has 2 N–H and O–H groups in total. The van der Waals surface area contributed by atoms with E-state index in [1.165, 1.54) is 42.1 Å². The summed E-state index contributed by atoms with van der Waals surface area (Å²) in [4.78, 5) is 16.5. The maximum atomic E-state index is 12.8. The Morgan fingerprint density at radius 1 is 0.886 bits per heavy atom. The highest BCUT2D eigenvalue weighted by atomic mass is 32.2. The Balaban J connectivity index is 1.52. The summed E-state index contributed by atoms with van der Waals surface area (Å²) in [7, 11) is -2.38. The molecular formula is C26H29N3O5S. The van der Waals surface area contributed by atoms with Crippen molar-refractivity contribution in [2.24, 2.45) is 0 Å². The molecule has 4 rings (SSSR count). The van der Waals surface area contributed by atoms with Gasteiger partial charge < -0.3 is 19.6 Å². The molecule has 9 heteroatoms. The summed E-state index contributed by atoms with van der Waals surface area (Å²) in [6.07, 6.45) is 0. The number of nitrogens with one attached hydrogen (secondary N) is 1. The van der Waals surface area contributed by atoms with Crippen molar-refractivity contribution in [3.05, 3.63) is 77.4 Å². The zero-order valence-electron chi connectivity index (χ0n) is 20.0. The smallest absolute Gasteiger partial charge is 0.337 e. The number of ether oxygens (including phenoxy) is 1. The normalized spacial score (nSPS) is 14.0. The van der Waals surface area contributed by atoms with Gasteiger partial charge in [0.1, 0.15) is 5.75 Å². The Kier molecular flexibility index (Phi) is 6.88. The number of nitrogens with zero attached hydrogens (tertiary/aromatic N) is 2. The number of piperazine rings is 1. The highest BCUT2D eigenvalue weighted by Gasteiger charge is 2.24. The van der Waals surface area contributed by atoms with Gasteiger partial charge in [0.05, 0.1) is 23.3 Å². The average Bonchev–Trinajstić information content (AvgIpc) is 2.85. The summed E-state index contributed by atoms with van der Waals surface area (Å²) in [5, 5.41) is 9.86. The van der Waals surface area contributed by atoms with E-state index in [1.54, 1.807) is 24.3 Å². The minimum absolute atomic E-state index is 0.0557. The van der Waals surface area contributed by atoms with E-state index in [4.69, 9.17) is 4.74 Å². The van der Waals surface area contributed by atoms with E-state index in [9.17, 15) is 18.3 Å². The molecule has 1 fully saturated rings. The Morgan fingerprint density at radius 3 is 2.11 bits per heavy atom. The quantitative estimate of drug-likeness (QED) is 0.508. The van der Waals surface area contributed by atoms with Gasteiger partial charge in [0.15, 0.2) is 0 Å². The summed E-state index contributed by atoms with van der Waals surface area (Å²) in [5.41, 5.74) is 4.44. The topological polar surface area (TPSA) is 99.2 Å². The lowest BCUT2D eigenvalue weighted by atomic mass is 10.1. The Hall–Kier alpha value is -3.72. The van der Waals surface area contributed by atoms with Gasteiger partial charge >= 0.3 is 5.97 Å². The number of carboxylic acid groups (broad SMARTS) is 1. The molecule has 1 heterocycles. The molecule has 3 aromatic rings. The summed E-state index contributed by atoms with van der Waals surface area (Å²) in [5.74, 6) is -0.568. The summed E-state index contributed by atoms with van der Waals surface area (Å²) < 4.78 is 33.1. The number of sulfonamides is 1. The largest absolute Gasteiger partial charge is 0.497 e. The minimum Gasteiger partial charge on any atom is -0.497 e. The molecule has 8 nitrogen and oxygen atoms in total. The number of methoxy groups -OCH3 is 1. The number of carboxylic acids is 1. The Bertz CT molecular complexity index is 1330. The van der Waals surface area contributed by atoms with Crippen LogP contribution in [0.4, 0.5) is 17.1 Å². The van der Waals surface area contributed by atoms with E-state index < -0.39 is 16.0 Å². The van der Waals surface area contributed by atoms with Crippen LogP contribution in [0.5, 0.6) is 5.75 Å². The van der Waals surface area contributed by atoms with Gasteiger partial charge in [0, 0.05) is 37.6 Å². The maximum absolute atomic E-state index is 12.8. The second-order valence-corrected chi connectivity index (χ2v) is 10.3. The van der Waals surface area contributed by atoms with E-state index in [-0.39, 0.29) is 16.1 Å². The molecule has 0 atom stereocenters. The van der Waals surface area contributed by atoms with Crippen LogP contribution in [0, 0.1) is 13.8 Å². The van der Waals surface area contributed by atoms with Crippen LogP contribution in [0.1, 0.15) is 21.5 Å². The number of benzene rings is 3. The number of hydrogen-bond acceptors (Lipinski definition) is 6. The first-order chi connectivity index (χ1) is 16.7. The van der Waals surface area contributed by atoms with Gasteiger partial charge in [0.25, 0.3) is 10.0 Å². The van der Waals surface area contributed by atoms with Crippen LogP contribution < -0.4 is 19.3 Å². The second kappa shape index (κ2) is 9.87. The maximum Gasteiger partial charge on any atom is 0.337 e. The van der Waals surface area contributed by atoms with Gasteiger partial charge in [0.2, 0.25) is 0 Å². The average molecular weight is 496 g/mol. The van der Waals surface area contributed by atoms with Gasteiger partial charge in [-0.3, -0.25) is 4.72 Å². The SMILES string of the molecule is COc1ccc(S(=O)(=O)Nc2ccc(N3CCN(c4cc(C)ccc4C)CC3)c(C(=O)O)c2)cc1. The second-order valence-electron chi connectivity index (χ2n) is 8.58. The third kappa shape index (κ3) is 5.35. The van der Waals surface area contributed by atoms with Gasteiger partial charge in [-0.15, -0.1) is 0 Å². The molecule has 0 unspecified atom stereocenters. The first-order valence-corrected chi connectivity index (χ1v) is 12.8. The van der Waals surface area contributed by atoms with Crippen LogP contribution in [0.15, 0.2) is 65.6 Å². The molecule has 1 saturated heterocycles. The van der Waals surface area contributed by atoms with Gasteiger partial charge in [-0.05, 0) is 73.5 Å². The lowest BCUT2D eigenvalue weighted by Gasteiger charge is -2.38. The molecule has 0 aliphatic carbocycles. The standard InChI is InChI=1S/C26H29N3O5S/c1-18-4-5-19(2)25(16-18)29-14-12-28(13-15-29)24-11-6-20(17-23(24)26(30)31)27-35(32,33)22-9-7-21(34-3)8-10-22/h4-11,16-17,27H,12-15H2,1-3H3,(H,30,31). The van der Waals surface area contributed by atoms with Crippen molar-refractivity contribution in [2.45, 2.75) is 18.7 Å². The highest BCUT2D eigenvalue weighted by molar-refractivity contribution is 7.92. The van der Waals surface area contributed by atoms with Gasteiger partial charge in [-0.1, -0.05) is 12.1 Å². The zero-order chi connectivity index (χ0) is 25.2. The van der Waals surface area contributed by atoms with Crippen LogP contribution >= 0.6 is 0 Å². The molecule has 35 heavy (non-hydrogen) atoms. The molecule has 0 saturated carbocycles. The molecule has 0 spiro atoms. The number of rotatable bonds is 7. The molecule has 3 aromatic carbocycles. The molecule has 0 aromatic heterocycles. The van der Waals surface area contributed by atoms with Crippen molar-refractivity contribution >= 4 is 33.1 Å². The summed E-state index contributed by atoms with van der Waals surface area (Å²) >= 11 is 0.